The zero-order chi connectivity index (χ0) is 9.07. The molecule has 0 unspecified atom stereocenters. The molecule has 0 spiro atoms. The van der Waals surface area contributed by atoms with Gasteiger partial charge in [0.05, 0.1) is 0 Å². The standard InChI is InChI=1S/C9H22N2S/c1-3-5-10-7-8-11-6-4-9-12-2/h10-11H,3-9H2,1-2H3. The van der Waals surface area contributed by atoms with Crippen LogP contribution in [0.4, 0.5) is 0 Å². The zero-order valence-electron chi connectivity index (χ0n) is 8.36. The van der Waals surface area contributed by atoms with Gasteiger partial charge in [-0.3, -0.25) is 0 Å². The summed E-state index contributed by atoms with van der Waals surface area (Å²) in [7, 11) is 0. The smallest absolute Gasteiger partial charge is 0.00767 e. The van der Waals surface area contributed by atoms with Gasteiger partial charge in [0, 0.05) is 13.1 Å². The van der Waals surface area contributed by atoms with Crippen molar-refractivity contribution < 1.29 is 0 Å². The highest BCUT2D eigenvalue weighted by molar-refractivity contribution is 7.98. The summed E-state index contributed by atoms with van der Waals surface area (Å²) in [6.45, 7) is 6.71. The first-order valence-electron chi connectivity index (χ1n) is 4.82. The van der Waals surface area contributed by atoms with Gasteiger partial charge in [0.1, 0.15) is 0 Å². The minimum absolute atomic E-state index is 1.10. The van der Waals surface area contributed by atoms with Crippen molar-refractivity contribution in [3.05, 3.63) is 0 Å². The van der Waals surface area contributed by atoms with Crippen molar-refractivity contribution in [3.8, 4) is 0 Å². The maximum Gasteiger partial charge on any atom is 0.00767 e. The Labute approximate surface area is 80.9 Å². The van der Waals surface area contributed by atoms with Crippen LogP contribution in [0.5, 0.6) is 0 Å². The Morgan fingerprint density at radius 2 is 1.67 bits per heavy atom. The summed E-state index contributed by atoms with van der Waals surface area (Å²) in [4.78, 5) is 0. The van der Waals surface area contributed by atoms with Crippen LogP contribution in [0.3, 0.4) is 0 Å². The third-order valence-electron chi connectivity index (χ3n) is 1.61. The Kier molecular flexibility index (Phi) is 11.5. The van der Waals surface area contributed by atoms with Crippen LogP contribution < -0.4 is 10.6 Å². The van der Waals surface area contributed by atoms with E-state index in [-0.39, 0.29) is 0 Å². The van der Waals surface area contributed by atoms with E-state index in [1.54, 1.807) is 0 Å². The maximum absolute atomic E-state index is 3.40. The molecule has 0 aliphatic heterocycles. The van der Waals surface area contributed by atoms with Gasteiger partial charge in [0.25, 0.3) is 0 Å². The molecule has 2 nitrogen and oxygen atoms in total. The molecule has 0 saturated carbocycles. The van der Waals surface area contributed by atoms with E-state index in [1.165, 1.54) is 18.6 Å². The van der Waals surface area contributed by atoms with Gasteiger partial charge < -0.3 is 10.6 Å². The summed E-state index contributed by atoms with van der Waals surface area (Å²) < 4.78 is 0. The van der Waals surface area contributed by atoms with Crippen molar-refractivity contribution in [3.63, 3.8) is 0 Å². The zero-order valence-corrected chi connectivity index (χ0v) is 9.17. The predicted molar refractivity (Wildman–Crippen MR) is 59.0 cm³/mol. The summed E-state index contributed by atoms with van der Waals surface area (Å²) in [5.41, 5.74) is 0. The first-order valence-corrected chi connectivity index (χ1v) is 6.21. The van der Waals surface area contributed by atoms with Crippen molar-refractivity contribution in [2.75, 3.05) is 38.2 Å². The third-order valence-corrected chi connectivity index (χ3v) is 2.30. The van der Waals surface area contributed by atoms with Crippen LogP contribution in [0.25, 0.3) is 0 Å². The largest absolute Gasteiger partial charge is 0.315 e. The van der Waals surface area contributed by atoms with Crippen LogP contribution in [0.1, 0.15) is 19.8 Å². The van der Waals surface area contributed by atoms with E-state index in [1.807, 2.05) is 11.8 Å². The van der Waals surface area contributed by atoms with Gasteiger partial charge in [-0.05, 0) is 37.9 Å². The fraction of sp³-hybridized carbons (Fsp3) is 1.00. The summed E-state index contributed by atoms with van der Waals surface area (Å²) in [5, 5.41) is 6.76. The van der Waals surface area contributed by atoms with E-state index in [0.717, 1.165) is 26.2 Å². The summed E-state index contributed by atoms with van der Waals surface area (Å²) in [6, 6.07) is 0. The lowest BCUT2D eigenvalue weighted by Crippen LogP contribution is -2.28. The van der Waals surface area contributed by atoms with E-state index < -0.39 is 0 Å². The molecule has 0 rings (SSSR count). The molecular formula is C9H22N2S. The van der Waals surface area contributed by atoms with Gasteiger partial charge in [-0.15, -0.1) is 0 Å². The SMILES string of the molecule is CCCNCCNCCCSC. The number of nitrogens with one attached hydrogen (secondary N) is 2. The van der Waals surface area contributed by atoms with Crippen LogP contribution >= 0.6 is 11.8 Å². The van der Waals surface area contributed by atoms with Crippen LogP contribution in [0.15, 0.2) is 0 Å². The van der Waals surface area contributed by atoms with Crippen molar-refractivity contribution in [1.82, 2.24) is 10.6 Å². The van der Waals surface area contributed by atoms with Gasteiger partial charge in [-0.1, -0.05) is 6.92 Å². The Bertz CT molecular complexity index is 68.9. The van der Waals surface area contributed by atoms with Crippen LogP contribution in [-0.2, 0) is 0 Å². The van der Waals surface area contributed by atoms with Crippen molar-refractivity contribution in [1.29, 1.82) is 0 Å². The molecule has 74 valence electrons. The Hall–Kier alpha value is 0.270. The van der Waals surface area contributed by atoms with Gasteiger partial charge in [0.15, 0.2) is 0 Å². The molecule has 0 saturated heterocycles. The number of rotatable bonds is 9. The molecule has 0 aromatic carbocycles. The first-order chi connectivity index (χ1) is 5.91. The first kappa shape index (κ1) is 12.3. The molecule has 0 aliphatic carbocycles. The molecule has 0 aliphatic rings. The molecule has 0 radical (unpaired) electrons. The molecule has 2 N–H and O–H groups in total. The lowest BCUT2D eigenvalue weighted by atomic mass is 10.4. The number of hydrogen-bond acceptors (Lipinski definition) is 3. The lowest BCUT2D eigenvalue weighted by molar-refractivity contribution is 0.604. The maximum atomic E-state index is 3.40. The van der Waals surface area contributed by atoms with Crippen LogP contribution in [0, 0.1) is 0 Å². The minimum atomic E-state index is 1.10. The van der Waals surface area contributed by atoms with E-state index in [2.05, 4.69) is 23.8 Å². The fourth-order valence-electron chi connectivity index (χ4n) is 0.945. The van der Waals surface area contributed by atoms with E-state index in [9.17, 15) is 0 Å². The number of thioether (sulfide) groups is 1. The molecule has 0 bridgehead atoms. The van der Waals surface area contributed by atoms with E-state index in [4.69, 9.17) is 0 Å². The van der Waals surface area contributed by atoms with Crippen molar-refractivity contribution in [2.45, 2.75) is 19.8 Å². The van der Waals surface area contributed by atoms with Gasteiger partial charge in [-0.25, -0.2) is 0 Å². The Morgan fingerprint density at radius 1 is 1.00 bits per heavy atom. The average Bonchev–Trinajstić information content (AvgIpc) is 2.10. The normalized spacial score (nSPS) is 10.5. The second-order valence-electron chi connectivity index (χ2n) is 2.85. The van der Waals surface area contributed by atoms with E-state index in [0.29, 0.717) is 0 Å². The van der Waals surface area contributed by atoms with Crippen LogP contribution in [0.2, 0.25) is 0 Å². The molecule has 0 atom stereocenters. The predicted octanol–water partition coefficient (Wildman–Crippen LogP) is 1.33. The molecular weight excluding hydrogens is 168 g/mol. The molecule has 0 aromatic rings. The molecule has 0 aromatic heterocycles. The summed E-state index contributed by atoms with van der Waals surface area (Å²) in [5.74, 6) is 1.27. The van der Waals surface area contributed by atoms with Gasteiger partial charge in [0.2, 0.25) is 0 Å². The molecule has 3 heteroatoms. The highest BCUT2D eigenvalue weighted by atomic mass is 32.2. The Morgan fingerprint density at radius 3 is 2.25 bits per heavy atom. The second-order valence-corrected chi connectivity index (χ2v) is 3.83. The highest BCUT2D eigenvalue weighted by Gasteiger charge is 1.87. The van der Waals surface area contributed by atoms with Gasteiger partial charge >= 0.3 is 0 Å². The fourth-order valence-corrected chi connectivity index (χ4v) is 1.38. The third kappa shape index (κ3) is 10.3. The van der Waals surface area contributed by atoms with Crippen molar-refractivity contribution >= 4 is 11.8 Å². The molecule has 12 heavy (non-hydrogen) atoms. The molecule has 0 amide bonds. The number of hydrogen-bond donors (Lipinski definition) is 2. The Balaban J connectivity index is 2.73. The summed E-state index contributed by atoms with van der Waals surface area (Å²) in [6.07, 6.45) is 4.67. The highest BCUT2D eigenvalue weighted by Crippen LogP contribution is 1.92. The quantitative estimate of drug-likeness (QED) is 0.536. The monoisotopic (exact) mass is 190 g/mol. The summed E-state index contributed by atoms with van der Waals surface area (Å²) >= 11 is 1.92. The molecule has 0 fully saturated rings. The second kappa shape index (κ2) is 11.3. The topological polar surface area (TPSA) is 24.1 Å². The van der Waals surface area contributed by atoms with E-state index >= 15 is 0 Å². The molecule has 0 heterocycles. The minimum Gasteiger partial charge on any atom is -0.315 e. The lowest BCUT2D eigenvalue weighted by Gasteiger charge is -2.04. The van der Waals surface area contributed by atoms with Crippen molar-refractivity contribution in [2.24, 2.45) is 0 Å². The van der Waals surface area contributed by atoms with Gasteiger partial charge in [-0.2, -0.15) is 11.8 Å². The average molecular weight is 190 g/mol. The van der Waals surface area contributed by atoms with Crippen LogP contribution in [-0.4, -0.2) is 38.2 Å².